The smallest absolute Gasteiger partial charge is 0.407 e. The molecule has 0 radical (unpaired) electrons. The molecule has 0 aromatic carbocycles. The fourth-order valence-corrected chi connectivity index (χ4v) is 6.58. The van der Waals surface area contributed by atoms with Crippen LogP contribution in [-0.2, 0) is 14.2 Å². The molecule has 0 fully saturated rings. The van der Waals surface area contributed by atoms with Gasteiger partial charge in [-0.25, -0.2) is 4.79 Å². The van der Waals surface area contributed by atoms with Crippen LogP contribution in [0.4, 0.5) is 4.79 Å². The van der Waals surface area contributed by atoms with Crippen LogP contribution in [0.5, 0.6) is 0 Å². The van der Waals surface area contributed by atoms with Gasteiger partial charge >= 0.3 is 6.09 Å². The molecule has 0 atom stereocenters. The number of nitrogens with zero attached hydrogens (tertiary/aromatic N) is 1. The standard InChI is InChI=1S/C46H90N2O6/c1-3-5-7-9-11-13-15-17-19-21-23-25-27-29-31-33-41-52-43-45(54-46(51)47-35-36-48(37-39-49)38-40-50)44-53-42-34-32-30-28-26-24-22-20-18-16-14-12-10-8-6-4-2/h17-20,45,49-50H,3-16,21-44H2,1-2H3,(H,47,51). The highest BCUT2D eigenvalue weighted by atomic mass is 16.6. The summed E-state index contributed by atoms with van der Waals surface area (Å²) in [5, 5.41) is 21.2. The zero-order valence-corrected chi connectivity index (χ0v) is 35.7. The summed E-state index contributed by atoms with van der Waals surface area (Å²) in [4.78, 5) is 14.5. The molecule has 0 aromatic heterocycles. The lowest BCUT2D eigenvalue weighted by Gasteiger charge is -2.21. The first kappa shape index (κ1) is 52.6. The Hall–Kier alpha value is -1.45. The third kappa shape index (κ3) is 41.7. The number of alkyl carbamates (subject to hydrolysis) is 1. The lowest BCUT2D eigenvalue weighted by molar-refractivity contribution is -0.0293. The van der Waals surface area contributed by atoms with Crippen LogP contribution in [0.15, 0.2) is 24.3 Å². The Morgan fingerprint density at radius 1 is 0.519 bits per heavy atom. The largest absolute Gasteiger partial charge is 0.441 e. The van der Waals surface area contributed by atoms with Crippen LogP contribution in [-0.4, -0.2) is 93.1 Å². The molecule has 0 aliphatic rings. The van der Waals surface area contributed by atoms with Crippen LogP contribution in [0.1, 0.15) is 194 Å². The summed E-state index contributed by atoms with van der Waals surface area (Å²) in [6, 6.07) is 0. The van der Waals surface area contributed by atoms with E-state index in [0.29, 0.717) is 52.6 Å². The molecule has 8 heteroatoms. The van der Waals surface area contributed by atoms with Gasteiger partial charge in [0.15, 0.2) is 6.10 Å². The Kier molecular flexibility index (Phi) is 44.7. The molecular weight excluding hydrogens is 677 g/mol. The highest BCUT2D eigenvalue weighted by molar-refractivity contribution is 5.67. The maximum absolute atomic E-state index is 12.6. The number of carbonyl (C=O) groups is 1. The topological polar surface area (TPSA) is 100 Å². The second kappa shape index (κ2) is 45.9. The maximum atomic E-state index is 12.6. The number of hydrogen-bond donors (Lipinski definition) is 3. The number of ether oxygens (including phenoxy) is 3. The predicted octanol–water partition coefficient (Wildman–Crippen LogP) is 11.5. The molecule has 0 spiro atoms. The molecule has 0 rings (SSSR count). The van der Waals surface area contributed by atoms with Gasteiger partial charge in [0.2, 0.25) is 0 Å². The van der Waals surface area contributed by atoms with E-state index >= 15 is 0 Å². The normalized spacial score (nSPS) is 12.5. The van der Waals surface area contributed by atoms with Gasteiger partial charge in [0, 0.05) is 39.4 Å². The number of unbranched alkanes of at least 4 members (excludes halogenated alkanes) is 24. The van der Waals surface area contributed by atoms with Crippen LogP contribution >= 0.6 is 0 Å². The average Bonchev–Trinajstić information content (AvgIpc) is 3.17. The van der Waals surface area contributed by atoms with E-state index in [9.17, 15) is 15.0 Å². The number of aliphatic hydroxyl groups is 2. The van der Waals surface area contributed by atoms with Crippen molar-refractivity contribution in [1.82, 2.24) is 10.2 Å². The number of allylic oxidation sites excluding steroid dienone is 4. The van der Waals surface area contributed by atoms with Gasteiger partial charge in [-0.05, 0) is 64.2 Å². The molecule has 0 saturated carbocycles. The van der Waals surface area contributed by atoms with Crippen LogP contribution in [0.2, 0.25) is 0 Å². The van der Waals surface area contributed by atoms with Gasteiger partial charge in [-0.3, -0.25) is 4.90 Å². The van der Waals surface area contributed by atoms with Gasteiger partial charge in [0.05, 0.1) is 26.4 Å². The molecular formula is C46H90N2O6. The van der Waals surface area contributed by atoms with Crippen LogP contribution < -0.4 is 5.32 Å². The van der Waals surface area contributed by atoms with Crippen molar-refractivity contribution >= 4 is 6.09 Å². The zero-order valence-electron chi connectivity index (χ0n) is 35.7. The lowest BCUT2D eigenvalue weighted by Crippen LogP contribution is -2.40. The number of rotatable bonds is 44. The fraction of sp³-hybridized carbons (Fsp3) is 0.891. The Labute approximate surface area is 334 Å². The van der Waals surface area contributed by atoms with Gasteiger partial charge in [-0.1, -0.05) is 154 Å². The molecule has 0 aliphatic heterocycles. The molecule has 320 valence electrons. The SMILES string of the molecule is CCCCCCCCC=CCCCCCCCCOCC(COCCCCCCCCC=CCCCCCCCC)OC(=O)NCCN(CCO)CCO. The minimum absolute atomic E-state index is 0.00912. The Morgan fingerprint density at radius 2 is 0.870 bits per heavy atom. The van der Waals surface area contributed by atoms with E-state index in [2.05, 4.69) is 43.5 Å². The van der Waals surface area contributed by atoms with Crippen molar-refractivity contribution in [3.63, 3.8) is 0 Å². The first-order chi connectivity index (χ1) is 26.7. The highest BCUT2D eigenvalue weighted by Gasteiger charge is 2.16. The summed E-state index contributed by atoms with van der Waals surface area (Å²) < 4.78 is 17.6. The molecule has 0 bridgehead atoms. The second-order valence-electron chi connectivity index (χ2n) is 15.3. The Balaban J connectivity index is 4.12. The maximum Gasteiger partial charge on any atom is 0.407 e. The number of carbonyl (C=O) groups excluding carboxylic acids is 1. The van der Waals surface area contributed by atoms with E-state index in [4.69, 9.17) is 14.2 Å². The molecule has 1 amide bonds. The summed E-state index contributed by atoms with van der Waals surface area (Å²) in [6.45, 7) is 8.35. The van der Waals surface area contributed by atoms with Gasteiger partial charge in [0.25, 0.3) is 0 Å². The molecule has 0 aromatic rings. The summed E-state index contributed by atoms with van der Waals surface area (Å²) in [6.07, 6.45) is 44.4. The van der Waals surface area contributed by atoms with Crippen molar-refractivity contribution in [3.8, 4) is 0 Å². The molecule has 0 saturated heterocycles. The van der Waals surface area contributed by atoms with Crippen molar-refractivity contribution in [2.24, 2.45) is 0 Å². The van der Waals surface area contributed by atoms with Gasteiger partial charge in [0.1, 0.15) is 0 Å². The summed E-state index contributed by atoms with van der Waals surface area (Å²) in [5.41, 5.74) is 0. The third-order valence-electron chi connectivity index (χ3n) is 10.0. The van der Waals surface area contributed by atoms with E-state index in [-0.39, 0.29) is 13.2 Å². The van der Waals surface area contributed by atoms with Crippen molar-refractivity contribution in [1.29, 1.82) is 0 Å². The van der Waals surface area contributed by atoms with Crippen molar-refractivity contribution < 1.29 is 29.2 Å². The average molecular weight is 767 g/mol. The van der Waals surface area contributed by atoms with Gasteiger partial charge < -0.3 is 29.7 Å². The van der Waals surface area contributed by atoms with E-state index < -0.39 is 12.2 Å². The molecule has 54 heavy (non-hydrogen) atoms. The first-order valence-electron chi connectivity index (χ1n) is 23.0. The molecule has 0 unspecified atom stereocenters. The summed E-state index contributed by atoms with van der Waals surface area (Å²) in [5.74, 6) is 0. The number of nitrogens with one attached hydrogen (secondary N) is 1. The van der Waals surface area contributed by atoms with E-state index in [1.165, 1.54) is 154 Å². The van der Waals surface area contributed by atoms with Crippen molar-refractivity contribution in [3.05, 3.63) is 24.3 Å². The van der Waals surface area contributed by atoms with Gasteiger partial charge in [-0.15, -0.1) is 0 Å². The Morgan fingerprint density at radius 3 is 1.24 bits per heavy atom. The van der Waals surface area contributed by atoms with Gasteiger partial charge in [-0.2, -0.15) is 0 Å². The van der Waals surface area contributed by atoms with E-state index in [1.54, 1.807) is 0 Å². The minimum Gasteiger partial charge on any atom is -0.441 e. The van der Waals surface area contributed by atoms with Crippen LogP contribution in [0.25, 0.3) is 0 Å². The first-order valence-corrected chi connectivity index (χ1v) is 23.0. The Bertz CT molecular complexity index is 743. The van der Waals surface area contributed by atoms with E-state index in [0.717, 1.165) is 25.7 Å². The summed E-state index contributed by atoms with van der Waals surface area (Å²) in [7, 11) is 0. The zero-order chi connectivity index (χ0) is 39.3. The summed E-state index contributed by atoms with van der Waals surface area (Å²) >= 11 is 0. The third-order valence-corrected chi connectivity index (χ3v) is 10.0. The van der Waals surface area contributed by atoms with E-state index in [1.807, 2.05) is 4.90 Å². The van der Waals surface area contributed by atoms with Crippen LogP contribution in [0, 0.1) is 0 Å². The molecule has 8 nitrogen and oxygen atoms in total. The fourth-order valence-electron chi connectivity index (χ4n) is 6.58. The second-order valence-corrected chi connectivity index (χ2v) is 15.3. The highest BCUT2D eigenvalue weighted by Crippen LogP contribution is 2.12. The molecule has 3 N–H and O–H groups in total. The van der Waals surface area contributed by atoms with Crippen molar-refractivity contribution in [2.75, 3.05) is 65.8 Å². The quantitative estimate of drug-likeness (QED) is 0.0419. The lowest BCUT2D eigenvalue weighted by atomic mass is 10.1. The van der Waals surface area contributed by atoms with Crippen LogP contribution in [0.3, 0.4) is 0 Å². The predicted molar refractivity (Wildman–Crippen MR) is 229 cm³/mol. The number of amides is 1. The number of aliphatic hydroxyl groups excluding tert-OH is 2. The molecule has 0 heterocycles. The number of hydrogen-bond acceptors (Lipinski definition) is 7. The van der Waals surface area contributed by atoms with Crippen molar-refractivity contribution in [2.45, 2.75) is 200 Å². The minimum atomic E-state index is -0.491. The monoisotopic (exact) mass is 767 g/mol. The molecule has 0 aliphatic carbocycles.